The molecule has 2 aromatic heterocycles. The Morgan fingerprint density at radius 3 is 2.57 bits per heavy atom. The number of aromatic nitrogens is 3. The van der Waals surface area contributed by atoms with Crippen molar-refractivity contribution in [3.63, 3.8) is 0 Å². The van der Waals surface area contributed by atoms with Crippen molar-refractivity contribution < 1.29 is 13.2 Å². The van der Waals surface area contributed by atoms with Crippen LogP contribution in [0.3, 0.4) is 0 Å². The van der Waals surface area contributed by atoms with E-state index >= 15 is 0 Å². The molecule has 1 aromatic carbocycles. The zero-order valence-corrected chi connectivity index (χ0v) is 11.7. The minimum absolute atomic E-state index is 0.197. The maximum atomic E-state index is 12.4. The van der Waals surface area contributed by atoms with E-state index in [-0.39, 0.29) is 17.9 Å². The molecule has 0 atom stereocenters. The van der Waals surface area contributed by atoms with Crippen molar-refractivity contribution in [1.29, 1.82) is 0 Å². The second-order valence-corrected chi connectivity index (χ2v) is 4.86. The van der Waals surface area contributed by atoms with Gasteiger partial charge in [0, 0.05) is 23.5 Å². The van der Waals surface area contributed by atoms with E-state index in [2.05, 4.69) is 20.5 Å². The first-order valence-corrected chi connectivity index (χ1v) is 6.69. The number of rotatable bonds is 3. The molecule has 0 saturated heterocycles. The maximum absolute atomic E-state index is 12.4. The Morgan fingerprint density at radius 1 is 1.09 bits per heavy atom. The van der Waals surface area contributed by atoms with Gasteiger partial charge in [0.25, 0.3) is 0 Å². The van der Waals surface area contributed by atoms with Crippen LogP contribution in [-0.4, -0.2) is 15.2 Å². The third-order valence-electron chi connectivity index (χ3n) is 3.25. The molecular formula is C15H11F3N4O. The van der Waals surface area contributed by atoms with Crippen molar-refractivity contribution >= 4 is 16.7 Å². The van der Waals surface area contributed by atoms with E-state index < -0.39 is 11.9 Å². The van der Waals surface area contributed by atoms with Crippen molar-refractivity contribution in [2.45, 2.75) is 12.7 Å². The minimum atomic E-state index is -4.52. The lowest BCUT2D eigenvalue weighted by Gasteiger charge is -2.09. The molecule has 118 valence electrons. The van der Waals surface area contributed by atoms with E-state index in [4.69, 9.17) is 0 Å². The molecule has 2 heterocycles. The quantitative estimate of drug-likeness (QED) is 0.778. The zero-order chi connectivity index (χ0) is 16.4. The summed E-state index contributed by atoms with van der Waals surface area (Å²) >= 11 is 0. The van der Waals surface area contributed by atoms with E-state index in [0.29, 0.717) is 11.1 Å². The predicted octanol–water partition coefficient (Wildman–Crippen LogP) is 2.95. The fourth-order valence-electron chi connectivity index (χ4n) is 2.19. The Labute approximate surface area is 128 Å². The number of nitrogens with one attached hydrogen (secondary N) is 2. The van der Waals surface area contributed by atoms with Gasteiger partial charge < -0.3 is 10.3 Å². The average molecular weight is 320 g/mol. The molecule has 0 amide bonds. The molecule has 2 N–H and O–H groups in total. The predicted molar refractivity (Wildman–Crippen MR) is 78.9 cm³/mol. The Morgan fingerprint density at radius 2 is 1.87 bits per heavy atom. The third-order valence-corrected chi connectivity index (χ3v) is 3.25. The monoisotopic (exact) mass is 320 g/mol. The molecule has 23 heavy (non-hydrogen) atoms. The number of halogens is 3. The van der Waals surface area contributed by atoms with Crippen LogP contribution in [0.1, 0.15) is 11.3 Å². The molecule has 0 aliphatic rings. The highest BCUT2D eigenvalue weighted by molar-refractivity contribution is 5.81. The molecule has 0 saturated carbocycles. The lowest BCUT2D eigenvalue weighted by atomic mass is 10.1. The smallest absolute Gasteiger partial charge is 0.364 e. The standard InChI is InChI=1S/C15H11F3N4O/c16-15(17,18)12-5-6-13(22-21-12)19-8-9-7-14(23)20-11-4-2-1-3-10(9)11/h1-7H,8H2,(H,19,22)(H,20,23). The van der Waals surface area contributed by atoms with Gasteiger partial charge in [-0.05, 0) is 23.8 Å². The topological polar surface area (TPSA) is 70.7 Å². The summed E-state index contributed by atoms with van der Waals surface area (Å²) in [5.41, 5.74) is 0.102. The van der Waals surface area contributed by atoms with Gasteiger partial charge >= 0.3 is 6.18 Å². The summed E-state index contributed by atoms with van der Waals surface area (Å²) in [5.74, 6) is 0.197. The number of pyridine rings is 1. The molecule has 8 heteroatoms. The molecule has 0 bridgehead atoms. The first kappa shape index (κ1) is 15.0. The largest absolute Gasteiger partial charge is 0.435 e. The van der Waals surface area contributed by atoms with Crippen molar-refractivity contribution in [3.05, 3.63) is 64.1 Å². The fraction of sp³-hybridized carbons (Fsp3) is 0.133. The van der Waals surface area contributed by atoms with Crippen molar-refractivity contribution in [3.8, 4) is 0 Å². The van der Waals surface area contributed by atoms with Gasteiger partial charge in [0.05, 0.1) is 0 Å². The van der Waals surface area contributed by atoms with Crippen molar-refractivity contribution in [2.24, 2.45) is 0 Å². The van der Waals surface area contributed by atoms with Crippen molar-refractivity contribution in [2.75, 3.05) is 5.32 Å². The summed E-state index contributed by atoms with van der Waals surface area (Å²) in [7, 11) is 0. The van der Waals surface area contributed by atoms with E-state index in [1.807, 2.05) is 12.1 Å². The van der Waals surface area contributed by atoms with Gasteiger partial charge in [0.1, 0.15) is 5.82 Å². The van der Waals surface area contributed by atoms with Crippen LogP contribution in [0.5, 0.6) is 0 Å². The number of hydrogen-bond donors (Lipinski definition) is 2. The number of para-hydroxylation sites is 1. The van der Waals surface area contributed by atoms with Crippen LogP contribution in [-0.2, 0) is 12.7 Å². The first-order valence-electron chi connectivity index (χ1n) is 6.69. The van der Waals surface area contributed by atoms with Crippen LogP contribution in [0.4, 0.5) is 19.0 Å². The van der Waals surface area contributed by atoms with Crippen LogP contribution >= 0.6 is 0 Å². The minimum Gasteiger partial charge on any atom is -0.364 e. The zero-order valence-electron chi connectivity index (χ0n) is 11.7. The Balaban J connectivity index is 1.82. The molecule has 0 radical (unpaired) electrons. The molecule has 0 fully saturated rings. The van der Waals surface area contributed by atoms with Crippen LogP contribution in [0.25, 0.3) is 10.9 Å². The number of benzene rings is 1. The van der Waals surface area contributed by atoms with Crippen LogP contribution in [0.15, 0.2) is 47.3 Å². The van der Waals surface area contributed by atoms with Crippen LogP contribution in [0.2, 0.25) is 0 Å². The lowest BCUT2D eigenvalue weighted by Crippen LogP contribution is -2.12. The van der Waals surface area contributed by atoms with Gasteiger partial charge in [0.15, 0.2) is 5.69 Å². The maximum Gasteiger partial charge on any atom is 0.435 e. The fourth-order valence-corrected chi connectivity index (χ4v) is 2.19. The summed E-state index contributed by atoms with van der Waals surface area (Å²) in [6, 6.07) is 10.8. The summed E-state index contributed by atoms with van der Waals surface area (Å²) in [6.07, 6.45) is -4.52. The van der Waals surface area contributed by atoms with E-state index in [9.17, 15) is 18.0 Å². The summed E-state index contributed by atoms with van der Waals surface area (Å²) in [4.78, 5) is 14.4. The second kappa shape index (κ2) is 5.71. The van der Waals surface area contributed by atoms with E-state index in [0.717, 1.165) is 11.5 Å². The SMILES string of the molecule is O=c1cc(CNc2ccc(C(F)(F)F)nn2)c2ccccc2[nH]1. The lowest BCUT2D eigenvalue weighted by molar-refractivity contribution is -0.141. The Kier molecular flexibility index (Phi) is 3.73. The number of H-pyrrole nitrogens is 1. The van der Waals surface area contributed by atoms with Gasteiger partial charge in [0.2, 0.25) is 5.56 Å². The molecule has 0 unspecified atom stereocenters. The molecule has 0 spiro atoms. The molecular weight excluding hydrogens is 309 g/mol. The highest BCUT2D eigenvalue weighted by Crippen LogP contribution is 2.27. The summed E-state index contributed by atoms with van der Waals surface area (Å²) in [5, 5.41) is 10.3. The number of nitrogens with zero attached hydrogens (tertiary/aromatic N) is 2. The van der Waals surface area contributed by atoms with Crippen molar-refractivity contribution in [1.82, 2.24) is 15.2 Å². The Bertz CT molecular complexity index is 888. The summed E-state index contributed by atoms with van der Waals surface area (Å²) < 4.78 is 37.3. The third kappa shape index (κ3) is 3.31. The van der Waals surface area contributed by atoms with Gasteiger partial charge in [-0.2, -0.15) is 13.2 Å². The van der Waals surface area contributed by atoms with Crippen LogP contribution < -0.4 is 10.9 Å². The first-order chi connectivity index (χ1) is 10.9. The highest BCUT2D eigenvalue weighted by atomic mass is 19.4. The second-order valence-electron chi connectivity index (χ2n) is 4.86. The molecule has 3 rings (SSSR count). The number of anilines is 1. The van der Waals surface area contributed by atoms with Crippen LogP contribution in [0, 0.1) is 0 Å². The van der Waals surface area contributed by atoms with E-state index in [1.165, 1.54) is 12.1 Å². The molecule has 3 aromatic rings. The van der Waals surface area contributed by atoms with Gasteiger partial charge in [-0.1, -0.05) is 18.2 Å². The number of fused-ring (bicyclic) bond motifs is 1. The van der Waals surface area contributed by atoms with E-state index in [1.54, 1.807) is 12.1 Å². The summed E-state index contributed by atoms with van der Waals surface area (Å²) in [6.45, 7) is 0.241. The molecule has 0 aliphatic heterocycles. The van der Waals surface area contributed by atoms with Gasteiger partial charge in [-0.3, -0.25) is 4.79 Å². The highest BCUT2D eigenvalue weighted by Gasteiger charge is 2.32. The average Bonchev–Trinajstić information content (AvgIpc) is 2.52. The Hall–Kier alpha value is -2.90. The number of alkyl halides is 3. The van der Waals surface area contributed by atoms with Gasteiger partial charge in [-0.25, -0.2) is 0 Å². The molecule has 5 nitrogen and oxygen atoms in total. The normalized spacial score (nSPS) is 11.6. The molecule has 0 aliphatic carbocycles. The number of aromatic amines is 1. The van der Waals surface area contributed by atoms with Gasteiger partial charge in [-0.15, -0.1) is 10.2 Å². The number of hydrogen-bond acceptors (Lipinski definition) is 4.